The van der Waals surface area contributed by atoms with Crippen molar-refractivity contribution < 1.29 is 4.39 Å². The molecule has 0 saturated heterocycles. The summed E-state index contributed by atoms with van der Waals surface area (Å²) < 4.78 is 15.3. The summed E-state index contributed by atoms with van der Waals surface area (Å²) in [6, 6.07) is 4.68. The molecule has 0 radical (unpaired) electrons. The van der Waals surface area contributed by atoms with Crippen molar-refractivity contribution in [3.63, 3.8) is 0 Å². The molecule has 1 unspecified atom stereocenters. The van der Waals surface area contributed by atoms with Crippen molar-refractivity contribution in [3.8, 4) is 0 Å². The summed E-state index contributed by atoms with van der Waals surface area (Å²) in [6.45, 7) is 0. The van der Waals surface area contributed by atoms with Gasteiger partial charge in [0.15, 0.2) is 0 Å². The van der Waals surface area contributed by atoms with Gasteiger partial charge in [0.2, 0.25) is 0 Å². The molecule has 1 aliphatic rings. The second kappa shape index (κ2) is 4.93. The SMILES string of the molecule is Cn1c(C(N)C2CCCCC2)nc2cc(F)ccc21. The Bertz CT molecular complexity index is 584. The summed E-state index contributed by atoms with van der Waals surface area (Å²) in [5.74, 6) is 1.14. The minimum Gasteiger partial charge on any atom is -0.330 e. The lowest BCUT2D eigenvalue weighted by atomic mass is 9.84. The molecule has 0 bridgehead atoms. The van der Waals surface area contributed by atoms with Gasteiger partial charge in [-0.25, -0.2) is 9.37 Å². The van der Waals surface area contributed by atoms with Crippen molar-refractivity contribution in [1.29, 1.82) is 0 Å². The van der Waals surface area contributed by atoms with Crippen LogP contribution in [0, 0.1) is 11.7 Å². The molecule has 0 aliphatic heterocycles. The lowest BCUT2D eigenvalue weighted by Gasteiger charge is -2.27. The number of halogens is 1. The smallest absolute Gasteiger partial charge is 0.126 e. The molecule has 1 heterocycles. The summed E-state index contributed by atoms with van der Waals surface area (Å²) in [7, 11) is 1.96. The Morgan fingerprint density at radius 3 is 2.79 bits per heavy atom. The van der Waals surface area contributed by atoms with E-state index in [2.05, 4.69) is 4.98 Å². The first-order valence-electron chi connectivity index (χ1n) is 7.04. The molecule has 2 N–H and O–H groups in total. The highest BCUT2D eigenvalue weighted by molar-refractivity contribution is 5.76. The number of rotatable bonds is 2. The van der Waals surface area contributed by atoms with Crippen molar-refractivity contribution in [1.82, 2.24) is 9.55 Å². The Morgan fingerprint density at radius 1 is 1.32 bits per heavy atom. The van der Waals surface area contributed by atoms with E-state index in [9.17, 15) is 4.39 Å². The number of fused-ring (bicyclic) bond motifs is 1. The maximum atomic E-state index is 13.3. The molecule has 3 nitrogen and oxygen atoms in total. The molecule has 1 aromatic heterocycles. The molecule has 4 heteroatoms. The normalized spacial score (nSPS) is 18.9. The number of nitrogens with zero attached hydrogens (tertiary/aromatic N) is 2. The summed E-state index contributed by atoms with van der Waals surface area (Å²) in [5, 5.41) is 0. The third-order valence-corrected chi connectivity index (χ3v) is 4.33. The van der Waals surface area contributed by atoms with Crippen molar-refractivity contribution in [2.45, 2.75) is 38.1 Å². The van der Waals surface area contributed by atoms with Gasteiger partial charge < -0.3 is 10.3 Å². The zero-order valence-corrected chi connectivity index (χ0v) is 11.3. The molecule has 19 heavy (non-hydrogen) atoms. The van der Waals surface area contributed by atoms with Crippen LogP contribution in [0.3, 0.4) is 0 Å². The fourth-order valence-corrected chi connectivity index (χ4v) is 3.19. The maximum Gasteiger partial charge on any atom is 0.126 e. The number of imidazole rings is 1. The Kier molecular flexibility index (Phi) is 3.27. The van der Waals surface area contributed by atoms with Gasteiger partial charge in [-0.3, -0.25) is 0 Å². The third-order valence-electron chi connectivity index (χ3n) is 4.33. The second-order valence-electron chi connectivity index (χ2n) is 5.59. The Labute approximate surface area is 112 Å². The number of benzene rings is 1. The van der Waals surface area contributed by atoms with Crippen molar-refractivity contribution in [2.24, 2.45) is 18.7 Å². The zero-order chi connectivity index (χ0) is 13.4. The number of hydrogen-bond acceptors (Lipinski definition) is 2. The van der Waals surface area contributed by atoms with E-state index in [1.54, 1.807) is 6.07 Å². The molecule has 1 atom stereocenters. The van der Waals surface area contributed by atoms with Crippen LogP contribution in [0.15, 0.2) is 18.2 Å². The summed E-state index contributed by atoms with van der Waals surface area (Å²) >= 11 is 0. The molecular weight excluding hydrogens is 241 g/mol. The van der Waals surface area contributed by atoms with Crippen molar-refractivity contribution in [2.75, 3.05) is 0 Å². The number of hydrogen-bond donors (Lipinski definition) is 1. The number of aryl methyl sites for hydroxylation is 1. The summed E-state index contributed by atoms with van der Waals surface area (Å²) in [6.07, 6.45) is 6.20. The largest absolute Gasteiger partial charge is 0.330 e. The first-order chi connectivity index (χ1) is 9.16. The van der Waals surface area contributed by atoms with Gasteiger partial charge in [-0.05, 0) is 30.9 Å². The van der Waals surface area contributed by atoms with E-state index in [-0.39, 0.29) is 11.9 Å². The highest BCUT2D eigenvalue weighted by Gasteiger charge is 2.25. The van der Waals surface area contributed by atoms with E-state index in [1.807, 2.05) is 11.6 Å². The molecule has 2 aromatic rings. The van der Waals surface area contributed by atoms with Gasteiger partial charge in [0.05, 0.1) is 17.1 Å². The molecule has 102 valence electrons. The second-order valence-corrected chi connectivity index (χ2v) is 5.59. The van der Waals surface area contributed by atoms with Crippen LogP contribution in [0.25, 0.3) is 11.0 Å². The lowest BCUT2D eigenvalue weighted by Crippen LogP contribution is -2.26. The zero-order valence-electron chi connectivity index (χ0n) is 11.3. The van der Waals surface area contributed by atoms with E-state index in [0.29, 0.717) is 11.4 Å². The van der Waals surface area contributed by atoms with Crippen molar-refractivity contribution in [3.05, 3.63) is 29.8 Å². The molecular formula is C15H20FN3. The van der Waals surface area contributed by atoms with Crippen LogP contribution < -0.4 is 5.73 Å². The topological polar surface area (TPSA) is 43.8 Å². The minimum absolute atomic E-state index is 0.0410. The quantitative estimate of drug-likeness (QED) is 0.901. The average Bonchev–Trinajstić information content (AvgIpc) is 2.75. The highest BCUT2D eigenvalue weighted by Crippen LogP contribution is 2.33. The van der Waals surface area contributed by atoms with Crippen LogP contribution >= 0.6 is 0 Å². The highest BCUT2D eigenvalue weighted by atomic mass is 19.1. The van der Waals surface area contributed by atoms with Gasteiger partial charge in [-0.15, -0.1) is 0 Å². The van der Waals surface area contributed by atoms with Crippen LogP contribution in [-0.4, -0.2) is 9.55 Å². The van der Waals surface area contributed by atoms with Gasteiger partial charge in [0, 0.05) is 13.1 Å². The van der Waals surface area contributed by atoms with Gasteiger partial charge in [-0.1, -0.05) is 19.3 Å². The van der Waals surface area contributed by atoms with Crippen molar-refractivity contribution >= 4 is 11.0 Å². The molecule has 1 aromatic carbocycles. The fourth-order valence-electron chi connectivity index (χ4n) is 3.19. The standard InChI is InChI=1S/C15H20FN3/c1-19-13-8-7-11(16)9-12(13)18-15(19)14(17)10-5-3-2-4-6-10/h7-10,14H,2-6,17H2,1H3. The number of aromatic nitrogens is 2. The predicted molar refractivity (Wildman–Crippen MR) is 74.2 cm³/mol. The Morgan fingerprint density at radius 2 is 2.05 bits per heavy atom. The molecule has 1 fully saturated rings. The molecule has 1 aliphatic carbocycles. The van der Waals surface area contributed by atoms with Crippen LogP contribution in [0.2, 0.25) is 0 Å². The fraction of sp³-hybridized carbons (Fsp3) is 0.533. The van der Waals surface area contributed by atoms with E-state index < -0.39 is 0 Å². The van der Waals surface area contributed by atoms with E-state index in [4.69, 9.17) is 5.73 Å². The molecule has 1 saturated carbocycles. The third kappa shape index (κ3) is 2.25. The predicted octanol–water partition coefficient (Wildman–Crippen LogP) is 3.29. The first-order valence-corrected chi connectivity index (χ1v) is 7.04. The van der Waals surface area contributed by atoms with Crippen LogP contribution in [-0.2, 0) is 7.05 Å². The van der Waals surface area contributed by atoms with Crippen LogP contribution in [0.1, 0.15) is 44.0 Å². The van der Waals surface area contributed by atoms with Gasteiger partial charge >= 0.3 is 0 Å². The number of nitrogens with two attached hydrogens (primary N) is 1. The average molecular weight is 261 g/mol. The van der Waals surface area contributed by atoms with E-state index in [1.165, 1.54) is 44.2 Å². The molecule has 0 amide bonds. The van der Waals surface area contributed by atoms with Gasteiger partial charge in [-0.2, -0.15) is 0 Å². The first kappa shape index (κ1) is 12.6. The minimum atomic E-state index is -0.247. The van der Waals surface area contributed by atoms with Crippen LogP contribution in [0.4, 0.5) is 4.39 Å². The summed E-state index contributed by atoms with van der Waals surface area (Å²) in [4.78, 5) is 4.55. The monoisotopic (exact) mass is 261 g/mol. The van der Waals surface area contributed by atoms with E-state index >= 15 is 0 Å². The van der Waals surface area contributed by atoms with Gasteiger partial charge in [0.25, 0.3) is 0 Å². The molecule has 0 spiro atoms. The molecule has 3 rings (SSSR count). The van der Waals surface area contributed by atoms with Crippen LogP contribution in [0.5, 0.6) is 0 Å². The maximum absolute atomic E-state index is 13.3. The van der Waals surface area contributed by atoms with E-state index in [0.717, 1.165) is 11.3 Å². The summed E-state index contributed by atoms with van der Waals surface area (Å²) in [5.41, 5.74) is 8.04. The Hall–Kier alpha value is -1.42. The Balaban J connectivity index is 1.97. The lowest BCUT2D eigenvalue weighted by molar-refractivity contribution is 0.298. The van der Waals surface area contributed by atoms with Gasteiger partial charge in [0.1, 0.15) is 11.6 Å².